The molecule has 3 rings (SSSR count). The number of hydrogen-bond acceptors (Lipinski definition) is 4. The zero-order valence-electron chi connectivity index (χ0n) is 30.6. The Labute approximate surface area is 250 Å². The van der Waals surface area contributed by atoms with Crippen molar-refractivity contribution in [3.63, 3.8) is 0 Å². The molecule has 0 unspecified atom stereocenters. The van der Waals surface area contributed by atoms with E-state index in [0.717, 1.165) is 20.1 Å². The molecule has 0 spiro atoms. The van der Waals surface area contributed by atoms with Crippen LogP contribution in [-0.4, -0.2) is 73.3 Å². The Balaban J connectivity index is 0.000000338. The van der Waals surface area contributed by atoms with E-state index in [-0.39, 0.29) is 0 Å². The fourth-order valence-corrected chi connectivity index (χ4v) is 5.74. The zero-order valence-corrected chi connectivity index (χ0v) is 26.8. The van der Waals surface area contributed by atoms with Crippen LogP contribution in [0.4, 0.5) is 0 Å². The molecule has 0 atom stereocenters. The van der Waals surface area contributed by atoms with Crippen molar-refractivity contribution < 1.29 is 31.3 Å². The van der Waals surface area contributed by atoms with Crippen LogP contribution in [0.1, 0.15) is 43.2 Å². The number of benzene rings is 3. The van der Waals surface area contributed by atoms with Gasteiger partial charge in [-0.15, -0.1) is 0 Å². The number of ether oxygens (including phenoxy) is 4. The Kier molecular flexibility index (Phi) is 10.1. The summed E-state index contributed by atoms with van der Waals surface area (Å²) in [7, 11) is 6.21. The molecule has 198 valence electrons. The molecule has 3 aromatic carbocycles. The molecule has 0 saturated carbocycles. The Hall–Kier alpha value is -1.58. The Morgan fingerprint density at radius 3 is 1.83 bits per heavy atom. The quantitative estimate of drug-likeness (QED) is 0.254. The van der Waals surface area contributed by atoms with Crippen molar-refractivity contribution in [2.75, 3.05) is 28.4 Å². The van der Waals surface area contributed by atoms with Crippen LogP contribution in [0, 0.1) is 6.92 Å². The minimum absolute atomic E-state index is 0.400. The second-order valence-corrected chi connectivity index (χ2v) is 11.6. The summed E-state index contributed by atoms with van der Waals surface area (Å²) in [6, 6.07) is 16.6. The SMILES string of the molecule is [1H][13C]([1H])([1H])[Se]c1cc(C(C)C)ccc1OC.[1H][13C]([2H])([2H])[Se]c1cc(C)ccc1OC.[2H][13C]([2H])([2H])[Se]c1cc(OC)ccc1OC. The molecular formula is C29H40O4Se3. The van der Waals surface area contributed by atoms with Crippen LogP contribution in [0.15, 0.2) is 54.6 Å². The third-order valence-corrected chi connectivity index (χ3v) is 8.27. The van der Waals surface area contributed by atoms with E-state index in [2.05, 4.69) is 13.8 Å². The molecule has 36 heavy (non-hydrogen) atoms. The van der Waals surface area contributed by atoms with Gasteiger partial charge in [0.25, 0.3) is 0 Å². The number of rotatable bonds is 8. The van der Waals surface area contributed by atoms with Gasteiger partial charge < -0.3 is 0 Å². The van der Waals surface area contributed by atoms with Gasteiger partial charge in [-0.05, 0) is 0 Å². The van der Waals surface area contributed by atoms with Crippen LogP contribution in [0.25, 0.3) is 0 Å². The molecule has 0 aliphatic rings. The van der Waals surface area contributed by atoms with E-state index in [1.807, 2.05) is 43.3 Å². The molecule has 0 aliphatic heterocycles. The standard InChI is InChI=1S/C11H16OSe.C9H12O2Se.C9H12OSe/c1-8(2)9-5-6-10(12-3)11(7-9)13-4;1-10-7-4-5-8(11-2)9(6-7)12-3;1-7-4-5-8(10-2)9(6-7)11-3/h5-8H,1-4H3;4-6H,1-3H3;4-6H,1-3H3/i4+1H3;3+1D3;3+1D2H. The second-order valence-electron chi connectivity index (χ2n) is 7.54. The molecule has 0 amide bonds. The Bertz CT molecular complexity index is 1350. The molecule has 3 aromatic rings. The first-order valence-corrected chi connectivity index (χ1v) is 16.0. The number of aryl methyl sites for hydroxylation is 1. The molecule has 7 heteroatoms. The number of methoxy groups -OCH3 is 4. The van der Waals surface area contributed by atoms with E-state index in [0.29, 0.717) is 33.4 Å². The van der Waals surface area contributed by atoms with Gasteiger partial charge in [-0.1, -0.05) is 0 Å². The predicted octanol–water partition coefficient (Wildman–Crippen LogP) is 4.66. The second kappa shape index (κ2) is 17.8. The van der Waals surface area contributed by atoms with Crippen LogP contribution in [0.5, 0.6) is 23.0 Å². The van der Waals surface area contributed by atoms with Crippen molar-refractivity contribution in [3.05, 3.63) is 65.7 Å². The molecular weight excluding hydrogens is 652 g/mol. The van der Waals surface area contributed by atoms with Crippen LogP contribution < -0.4 is 32.3 Å². The average molecular weight is 698 g/mol. The van der Waals surface area contributed by atoms with Crippen molar-refractivity contribution in [2.45, 2.75) is 43.9 Å². The maximum absolute atomic E-state index is 7.32. The first-order valence-electron chi connectivity index (χ1n) is 15.3. The van der Waals surface area contributed by atoms with Gasteiger partial charge in [0.05, 0.1) is 0 Å². The van der Waals surface area contributed by atoms with E-state index in [1.165, 1.54) is 7.11 Å². The van der Waals surface area contributed by atoms with Gasteiger partial charge in [0.15, 0.2) is 0 Å². The molecule has 0 radical (unpaired) electrons. The first-order chi connectivity index (χ1) is 20.7. The van der Waals surface area contributed by atoms with Crippen LogP contribution >= 0.6 is 0 Å². The summed E-state index contributed by atoms with van der Waals surface area (Å²) < 4.78 is 88.1. The summed E-state index contributed by atoms with van der Waals surface area (Å²) in [4.78, 5) is 0. The maximum atomic E-state index is 7.32. The fraction of sp³-hybridized carbons (Fsp3) is 0.379. The van der Waals surface area contributed by atoms with Crippen molar-refractivity contribution in [2.24, 2.45) is 0 Å². The van der Waals surface area contributed by atoms with Gasteiger partial charge in [0, 0.05) is 0 Å². The van der Waals surface area contributed by atoms with Gasteiger partial charge in [-0.2, -0.15) is 0 Å². The zero-order chi connectivity index (χ0) is 34.6. The normalized spacial score (nSPS) is 14.7. The van der Waals surface area contributed by atoms with Crippen molar-refractivity contribution in [3.8, 4) is 23.0 Å². The van der Waals surface area contributed by atoms with Crippen LogP contribution in [0.3, 0.4) is 0 Å². The van der Waals surface area contributed by atoms with E-state index < -0.39 is 62.1 Å². The van der Waals surface area contributed by atoms with Gasteiger partial charge in [0.1, 0.15) is 0 Å². The summed E-state index contributed by atoms with van der Waals surface area (Å²) in [6.45, 7) is 6.13. The average Bonchev–Trinajstić information content (AvgIpc) is 2.91. The fourth-order valence-electron chi connectivity index (χ4n) is 2.86. The molecule has 0 aromatic heterocycles. The van der Waals surface area contributed by atoms with Gasteiger partial charge in [-0.25, -0.2) is 0 Å². The molecule has 0 aliphatic carbocycles. The van der Waals surface area contributed by atoms with Crippen LogP contribution in [-0.2, 0) is 0 Å². The molecule has 0 saturated heterocycles. The van der Waals surface area contributed by atoms with Crippen molar-refractivity contribution in [1.29, 1.82) is 0 Å². The third kappa shape index (κ3) is 10.4. The molecule has 4 nitrogen and oxygen atoms in total. The summed E-state index contributed by atoms with van der Waals surface area (Å²) in [5.74, 6) is -2.70. The van der Waals surface area contributed by atoms with Gasteiger partial charge in [-0.3, -0.25) is 0 Å². The predicted molar refractivity (Wildman–Crippen MR) is 158 cm³/mol. The summed E-state index contributed by atoms with van der Waals surface area (Å²) in [5.41, 5.74) is 2.22. The Morgan fingerprint density at radius 1 is 0.722 bits per heavy atom. The molecule has 0 bridgehead atoms. The number of hydrogen-bond donors (Lipinski definition) is 0. The topological polar surface area (TPSA) is 36.9 Å². The summed E-state index contributed by atoms with van der Waals surface area (Å²) in [5, 5.41) is 0. The van der Waals surface area contributed by atoms with Gasteiger partial charge in [0.2, 0.25) is 0 Å². The molecule has 0 heterocycles. The van der Waals surface area contributed by atoms with Crippen molar-refractivity contribution in [1.82, 2.24) is 0 Å². The summed E-state index contributed by atoms with van der Waals surface area (Å²) >= 11 is -1.71. The Morgan fingerprint density at radius 2 is 1.31 bits per heavy atom. The minimum atomic E-state index is -1.94. The van der Waals surface area contributed by atoms with Gasteiger partial charge >= 0.3 is 251 Å². The van der Waals surface area contributed by atoms with E-state index in [4.69, 9.17) is 31.3 Å². The van der Waals surface area contributed by atoms with E-state index in [1.54, 1.807) is 39.5 Å². The monoisotopic (exact) mass is 700 g/mol. The summed E-state index contributed by atoms with van der Waals surface area (Å²) in [6.07, 6.45) is 0. The van der Waals surface area contributed by atoms with E-state index >= 15 is 0 Å². The van der Waals surface area contributed by atoms with E-state index in [9.17, 15) is 0 Å². The van der Waals surface area contributed by atoms with Crippen molar-refractivity contribution >= 4 is 58.3 Å². The molecule has 0 fully saturated rings. The van der Waals surface area contributed by atoms with Crippen LogP contribution in [0.2, 0.25) is 17.3 Å². The molecule has 0 N–H and O–H groups in total. The first kappa shape index (κ1) is 20.4. The third-order valence-electron chi connectivity index (χ3n) is 4.87.